The van der Waals surface area contributed by atoms with Gasteiger partial charge in [0.2, 0.25) is 6.33 Å². The summed E-state index contributed by atoms with van der Waals surface area (Å²) in [6.07, 6.45) is 6.09. The number of nitrogens with one attached hydrogen (secondary N) is 1. The number of hydrogen-bond donors (Lipinski definition) is 2. The minimum absolute atomic E-state index is 0.730. The van der Waals surface area contributed by atoms with Gasteiger partial charge in [-0.25, -0.2) is 9.13 Å². The van der Waals surface area contributed by atoms with E-state index in [1.165, 1.54) is 0 Å². The van der Waals surface area contributed by atoms with E-state index in [0.29, 0.717) is 0 Å². The van der Waals surface area contributed by atoms with E-state index in [-0.39, 0.29) is 0 Å². The van der Waals surface area contributed by atoms with Gasteiger partial charge in [-0.3, -0.25) is 0 Å². The Morgan fingerprint density at radius 2 is 2.28 bits per heavy atom. The zero-order valence-corrected chi connectivity index (χ0v) is 10.8. The van der Waals surface area contributed by atoms with Crippen molar-refractivity contribution in [2.75, 3.05) is 24.7 Å². The van der Waals surface area contributed by atoms with Crippen LogP contribution in [-0.2, 0) is 13.6 Å². The second-order valence-electron chi connectivity index (χ2n) is 4.20. The van der Waals surface area contributed by atoms with Crippen LogP contribution in [0, 0.1) is 0 Å². The van der Waals surface area contributed by atoms with Crippen molar-refractivity contribution >= 4 is 11.4 Å². The largest absolute Gasteiger partial charge is 0.497 e. The highest BCUT2D eigenvalue weighted by Crippen LogP contribution is 2.23. The molecule has 0 aliphatic carbocycles. The number of nitrogen functional groups attached to an aromatic ring is 1. The van der Waals surface area contributed by atoms with Gasteiger partial charge in [-0.05, 0) is 12.1 Å². The Labute approximate surface area is 107 Å². The summed E-state index contributed by atoms with van der Waals surface area (Å²) in [5, 5.41) is 3.31. The van der Waals surface area contributed by atoms with Gasteiger partial charge in [-0.2, -0.15) is 0 Å². The average molecular weight is 247 g/mol. The fraction of sp³-hybridized carbons (Fsp3) is 0.308. The van der Waals surface area contributed by atoms with Gasteiger partial charge in [0.25, 0.3) is 0 Å². The molecule has 0 unspecified atom stereocenters. The summed E-state index contributed by atoms with van der Waals surface area (Å²) in [6, 6.07) is 5.61. The van der Waals surface area contributed by atoms with Crippen molar-refractivity contribution in [3.63, 3.8) is 0 Å². The van der Waals surface area contributed by atoms with Crippen LogP contribution in [0.25, 0.3) is 0 Å². The molecule has 18 heavy (non-hydrogen) atoms. The Hall–Kier alpha value is -2.17. The number of anilines is 2. The number of nitrogens with zero attached hydrogens (tertiary/aromatic N) is 2. The molecule has 0 aliphatic rings. The maximum Gasteiger partial charge on any atom is 0.243 e. The molecule has 96 valence electrons. The molecule has 0 spiro atoms. The summed E-state index contributed by atoms with van der Waals surface area (Å²) in [5.74, 6) is 0.805. The normalized spacial score (nSPS) is 10.3. The zero-order valence-electron chi connectivity index (χ0n) is 10.8. The Morgan fingerprint density at radius 1 is 1.44 bits per heavy atom. The van der Waals surface area contributed by atoms with E-state index < -0.39 is 0 Å². The molecular formula is C13H19N4O+. The monoisotopic (exact) mass is 247 g/mol. The van der Waals surface area contributed by atoms with Gasteiger partial charge < -0.3 is 15.8 Å². The number of aryl methyl sites for hydroxylation is 1. The molecule has 0 fully saturated rings. The highest BCUT2D eigenvalue weighted by Gasteiger charge is 2.03. The van der Waals surface area contributed by atoms with Gasteiger partial charge in [0, 0.05) is 6.07 Å². The van der Waals surface area contributed by atoms with Crippen LogP contribution in [0.3, 0.4) is 0 Å². The van der Waals surface area contributed by atoms with Gasteiger partial charge in [0.05, 0.1) is 32.1 Å². The second-order valence-corrected chi connectivity index (χ2v) is 4.20. The van der Waals surface area contributed by atoms with E-state index in [0.717, 1.165) is 30.2 Å². The molecule has 0 saturated carbocycles. The number of ether oxygens (including phenoxy) is 1. The van der Waals surface area contributed by atoms with Crippen LogP contribution in [0.15, 0.2) is 36.9 Å². The summed E-state index contributed by atoms with van der Waals surface area (Å²) in [6.45, 7) is 1.70. The zero-order chi connectivity index (χ0) is 13.0. The highest BCUT2D eigenvalue weighted by molar-refractivity contribution is 5.68. The Kier molecular flexibility index (Phi) is 3.72. The molecule has 2 rings (SSSR count). The van der Waals surface area contributed by atoms with Gasteiger partial charge in [-0.1, -0.05) is 0 Å². The van der Waals surface area contributed by atoms with Crippen molar-refractivity contribution < 1.29 is 9.30 Å². The number of rotatable bonds is 5. The Balaban J connectivity index is 1.93. The Bertz CT molecular complexity index is 521. The molecule has 0 bridgehead atoms. The minimum atomic E-state index is 0.730. The molecule has 3 N–H and O–H groups in total. The van der Waals surface area contributed by atoms with Gasteiger partial charge in [0.1, 0.15) is 24.7 Å². The van der Waals surface area contributed by atoms with Crippen molar-refractivity contribution in [2.45, 2.75) is 6.54 Å². The third kappa shape index (κ3) is 2.94. The van der Waals surface area contributed by atoms with Gasteiger partial charge in [-0.15, -0.1) is 0 Å². The SMILES string of the molecule is COc1ccc(N)c(NCCn2cc[n+](C)c2)c1. The number of nitrogens with two attached hydrogens (primary N) is 1. The first-order valence-corrected chi connectivity index (χ1v) is 5.87. The quantitative estimate of drug-likeness (QED) is 0.612. The van der Waals surface area contributed by atoms with E-state index in [1.807, 2.05) is 48.5 Å². The molecule has 0 saturated heterocycles. The molecule has 1 heterocycles. The summed E-state index contributed by atoms with van der Waals surface area (Å²) in [4.78, 5) is 0. The summed E-state index contributed by atoms with van der Waals surface area (Å²) in [7, 11) is 3.65. The van der Waals surface area contributed by atoms with Crippen molar-refractivity contribution in [3.8, 4) is 5.75 Å². The molecule has 2 aromatic rings. The second kappa shape index (κ2) is 5.44. The van der Waals surface area contributed by atoms with E-state index in [4.69, 9.17) is 10.5 Å². The fourth-order valence-electron chi connectivity index (χ4n) is 1.77. The van der Waals surface area contributed by atoms with Crippen LogP contribution < -0.4 is 20.4 Å². The van der Waals surface area contributed by atoms with Crippen LogP contribution in [-0.4, -0.2) is 18.2 Å². The van der Waals surface area contributed by atoms with E-state index in [1.54, 1.807) is 7.11 Å². The Morgan fingerprint density at radius 3 is 2.94 bits per heavy atom. The summed E-state index contributed by atoms with van der Waals surface area (Å²) in [5.41, 5.74) is 7.54. The lowest BCUT2D eigenvalue weighted by atomic mass is 10.2. The standard InChI is InChI=1S/C13H19N4O/c1-16-7-8-17(10-16)6-5-15-13-9-11(18-2)3-4-12(13)14/h3-4,7-10,15H,5-6,14H2,1-2H3/q+1. The van der Waals surface area contributed by atoms with E-state index in [2.05, 4.69) is 9.88 Å². The minimum Gasteiger partial charge on any atom is -0.497 e. The average Bonchev–Trinajstić information content (AvgIpc) is 2.77. The first-order chi connectivity index (χ1) is 8.69. The first kappa shape index (κ1) is 12.3. The number of methoxy groups -OCH3 is 1. The lowest BCUT2D eigenvalue weighted by Gasteiger charge is -2.09. The molecule has 0 radical (unpaired) electrons. The topological polar surface area (TPSA) is 56.1 Å². The van der Waals surface area contributed by atoms with E-state index in [9.17, 15) is 0 Å². The van der Waals surface area contributed by atoms with Crippen molar-refractivity contribution in [1.29, 1.82) is 0 Å². The maximum absolute atomic E-state index is 5.90. The third-order valence-corrected chi connectivity index (χ3v) is 2.77. The number of imidazole rings is 1. The van der Waals surface area contributed by atoms with Crippen LogP contribution in [0.5, 0.6) is 5.75 Å². The molecule has 1 aromatic carbocycles. The molecule has 1 aromatic heterocycles. The van der Waals surface area contributed by atoms with Crippen LogP contribution in [0.4, 0.5) is 11.4 Å². The lowest BCUT2D eigenvalue weighted by molar-refractivity contribution is -0.671. The number of benzene rings is 1. The molecule has 0 atom stereocenters. The maximum atomic E-state index is 5.90. The van der Waals surface area contributed by atoms with E-state index >= 15 is 0 Å². The summed E-state index contributed by atoms with van der Waals surface area (Å²) < 4.78 is 9.30. The summed E-state index contributed by atoms with van der Waals surface area (Å²) >= 11 is 0. The molecule has 5 heteroatoms. The molecular weight excluding hydrogens is 228 g/mol. The molecule has 0 aliphatic heterocycles. The van der Waals surface area contributed by atoms with Crippen LogP contribution in [0.1, 0.15) is 0 Å². The third-order valence-electron chi connectivity index (χ3n) is 2.77. The van der Waals surface area contributed by atoms with Gasteiger partial charge in [0.15, 0.2) is 0 Å². The van der Waals surface area contributed by atoms with Crippen molar-refractivity contribution in [1.82, 2.24) is 4.57 Å². The van der Waals surface area contributed by atoms with Crippen LogP contribution >= 0.6 is 0 Å². The predicted octanol–water partition coefficient (Wildman–Crippen LogP) is 1.02. The highest BCUT2D eigenvalue weighted by atomic mass is 16.5. The smallest absolute Gasteiger partial charge is 0.243 e. The predicted molar refractivity (Wildman–Crippen MR) is 71.5 cm³/mol. The first-order valence-electron chi connectivity index (χ1n) is 5.87. The lowest BCUT2D eigenvalue weighted by Crippen LogP contribution is -2.24. The fourth-order valence-corrected chi connectivity index (χ4v) is 1.77. The molecule has 0 amide bonds. The number of hydrogen-bond acceptors (Lipinski definition) is 3. The molecule has 5 nitrogen and oxygen atoms in total. The van der Waals surface area contributed by atoms with Crippen molar-refractivity contribution in [3.05, 3.63) is 36.9 Å². The van der Waals surface area contributed by atoms with Gasteiger partial charge >= 0.3 is 0 Å². The van der Waals surface area contributed by atoms with Crippen LogP contribution in [0.2, 0.25) is 0 Å². The van der Waals surface area contributed by atoms with Crippen molar-refractivity contribution in [2.24, 2.45) is 7.05 Å². The number of aromatic nitrogens is 2.